The lowest BCUT2D eigenvalue weighted by atomic mass is 10.0. The summed E-state index contributed by atoms with van der Waals surface area (Å²) < 4.78 is 19.3. The highest BCUT2D eigenvalue weighted by atomic mass is 19.1. The van der Waals surface area contributed by atoms with Crippen molar-refractivity contribution in [3.63, 3.8) is 0 Å². The summed E-state index contributed by atoms with van der Waals surface area (Å²) in [6.07, 6.45) is 3.42. The summed E-state index contributed by atoms with van der Waals surface area (Å²) in [5.74, 6) is -0.281. The number of rotatable bonds is 6. The van der Waals surface area contributed by atoms with Gasteiger partial charge in [-0.2, -0.15) is 0 Å². The van der Waals surface area contributed by atoms with Crippen LogP contribution in [0.3, 0.4) is 0 Å². The molecule has 3 nitrogen and oxygen atoms in total. The number of pyridine rings is 1. The van der Waals surface area contributed by atoms with Gasteiger partial charge in [0, 0.05) is 18.8 Å². The lowest BCUT2D eigenvalue weighted by molar-refractivity contribution is 0.0988. The van der Waals surface area contributed by atoms with Crippen LogP contribution in [-0.2, 0) is 13.0 Å². The van der Waals surface area contributed by atoms with Crippen molar-refractivity contribution in [2.45, 2.75) is 13.0 Å². The van der Waals surface area contributed by atoms with Crippen molar-refractivity contribution in [2.75, 3.05) is 0 Å². The van der Waals surface area contributed by atoms with Crippen LogP contribution >= 0.6 is 0 Å². The summed E-state index contributed by atoms with van der Waals surface area (Å²) in [5, 5.41) is 0. The molecule has 0 spiro atoms. The molecule has 1 heterocycles. The number of ether oxygens (including phenoxy) is 1. The number of Topliss-reactive ketones (excluding diaryl/α,β-unsaturated/α-hetero) is 1. The van der Waals surface area contributed by atoms with E-state index in [0.717, 1.165) is 11.1 Å². The minimum atomic E-state index is -0.461. The first kappa shape index (κ1) is 15.9. The molecule has 0 saturated heterocycles. The molecule has 0 aliphatic rings. The molecule has 0 aliphatic heterocycles. The molecule has 0 fully saturated rings. The Bertz CT molecular complexity index is 820. The van der Waals surface area contributed by atoms with E-state index in [0.29, 0.717) is 12.4 Å². The Morgan fingerprint density at radius 2 is 1.79 bits per heavy atom. The summed E-state index contributed by atoms with van der Waals surface area (Å²) in [7, 11) is 0. The van der Waals surface area contributed by atoms with Crippen LogP contribution < -0.4 is 4.74 Å². The standard InChI is InChI=1S/C20H16FNO2/c21-17-8-9-20(24-14-15-5-2-1-3-6-15)18(12-17)19(23)11-16-7-4-10-22-13-16/h1-10,12-13H,11,14H2. The van der Waals surface area contributed by atoms with E-state index in [1.807, 2.05) is 36.4 Å². The van der Waals surface area contributed by atoms with Gasteiger partial charge in [-0.15, -0.1) is 0 Å². The van der Waals surface area contributed by atoms with E-state index in [1.165, 1.54) is 18.2 Å². The fourth-order valence-corrected chi connectivity index (χ4v) is 2.36. The van der Waals surface area contributed by atoms with Crippen LogP contribution in [0.25, 0.3) is 0 Å². The molecular formula is C20H16FNO2. The number of aromatic nitrogens is 1. The molecule has 1 aromatic heterocycles. The number of carbonyl (C=O) groups excluding carboxylic acids is 1. The number of benzene rings is 2. The maximum Gasteiger partial charge on any atom is 0.171 e. The van der Waals surface area contributed by atoms with Gasteiger partial charge in [-0.1, -0.05) is 36.4 Å². The lowest BCUT2D eigenvalue weighted by Crippen LogP contribution is -2.08. The van der Waals surface area contributed by atoms with Gasteiger partial charge in [0.25, 0.3) is 0 Å². The molecule has 0 amide bonds. The van der Waals surface area contributed by atoms with Crippen LogP contribution in [0, 0.1) is 5.82 Å². The largest absolute Gasteiger partial charge is 0.488 e. The third-order valence-corrected chi connectivity index (χ3v) is 3.57. The maximum absolute atomic E-state index is 13.6. The zero-order chi connectivity index (χ0) is 16.8. The fourth-order valence-electron chi connectivity index (χ4n) is 2.36. The first-order valence-electron chi connectivity index (χ1n) is 7.61. The topological polar surface area (TPSA) is 39.2 Å². The molecule has 0 unspecified atom stereocenters. The van der Waals surface area contributed by atoms with Gasteiger partial charge in [0.15, 0.2) is 5.78 Å². The van der Waals surface area contributed by atoms with Gasteiger partial charge >= 0.3 is 0 Å². The van der Waals surface area contributed by atoms with Crippen LogP contribution in [0.2, 0.25) is 0 Å². The summed E-state index contributed by atoms with van der Waals surface area (Å²) in [5.41, 5.74) is 2.00. The van der Waals surface area contributed by atoms with Crippen molar-refractivity contribution < 1.29 is 13.9 Å². The highest BCUT2D eigenvalue weighted by Gasteiger charge is 2.15. The molecule has 0 aliphatic carbocycles. The van der Waals surface area contributed by atoms with Crippen LogP contribution in [-0.4, -0.2) is 10.8 Å². The molecule has 3 rings (SSSR count). The van der Waals surface area contributed by atoms with Crippen LogP contribution in [0.15, 0.2) is 73.1 Å². The van der Waals surface area contributed by atoms with Gasteiger partial charge < -0.3 is 4.74 Å². The molecule has 0 atom stereocenters. The smallest absolute Gasteiger partial charge is 0.171 e. The van der Waals surface area contributed by atoms with Crippen molar-refractivity contribution in [1.29, 1.82) is 0 Å². The lowest BCUT2D eigenvalue weighted by Gasteiger charge is -2.11. The molecule has 0 radical (unpaired) electrons. The number of carbonyl (C=O) groups is 1. The van der Waals surface area contributed by atoms with Gasteiger partial charge in [-0.05, 0) is 35.4 Å². The predicted octanol–water partition coefficient (Wildman–Crippen LogP) is 4.23. The molecule has 0 N–H and O–H groups in total. The minimum Gasteiger partial charge on any atom is -0.488 e. The zero-order valence-corrected chi connectivity index (χ0v) is 13.0. The van der Waals surface area contributed by atoms with E-state index in [9.17, 15) is 9.18 Å². The third-order valence-electron chi connectivity index (χ3n) is 3.57. The van der Waals surface area contributed by atoms with Gasteiger partial charge in [-0.25, -0.2) is 4.39 Å². The van der Waals surface area contributed by atoms with E-state index >= 15 is 0 Å². The maximum atomic E-state index is 13.6. The van der Waals surface area contributed by atoms with Gasteiger partial charge in [0.2, 0.25) is 0 Å². The van der Waals surface area contributed by atoms with Gasteiger partial charge in [0.05, 0.1) is 5.56 Å². The minimum absolute atomic E-state index is 0.152. The van der Waals surface area contributed by atoms with Crippen LogP contribution in [0.1, 0.15) is 21.5 Å². The normalized spacial score (nSPS) is 10.4. The number of hydrogen-bond donors (Lipinski definition) is 0. The first-order chi connectivity index (χ1) is 11.7. The molecule has 120 valence electrons. The number of halogens is 1. The summed E-state index contributed by atoms with van der Waals surface area (Å²) in [4.78, 5) is 16.5. The molecule has 3 aromatic rings. The average Bonchev–Trinajstić information content (AvgIpc) is 2.62. The van der Waals surface area contributed by atoms with E-state index in [-0.39, 0.29) is 17.8 Å². The zero-order valence-electron chi connectivity index (χ0n) is 13.0. The Morgan fingerprint density at radius 1 is 1.00 bits per heavy atom. The quantitative estimate of drug-likeness (QED) is 0.638. The van der Waals surface area contributed by atoms with Crippen molar-refractivity contribution in [3.8, 4) is 5.75 Å². The predicted molar refractivity (Wildman–Crippen MR) is 89.4 cm³/mol. The second-order valence-corrected chi connectivity index (χ2v) is 5.38. The molecule has 2 aromatic carbocycles. The average molecular weight is 321 g/mol. The Hall–Kier alpha value is -3.01. The Morgan fingerprint density at radius 3 is 2.54 bits per heavy atom. The molecule has 4 heteroatoms. The molecular weight excluding hydrogens is 305 g/mol. The Balaban J connectivity index is 1.79. The highest BCUT2D eigenvalue weighted by molar-refractivity contribution is 5.99. The van der Waals surface area contributed by atoms with E-state index in [2.05, 4.69) is 4.98 Å². The van der Waals surface area contributed by atoms with Gasteiger partial charge in [-0.3, -0.25) is 9.78 Å². The van der Waals surface area contributed by atoms with Crippen LogP contribution in [0.4, 0.5) is 4.39 Å². The monoisotopic (exact) mass is 321 g/mol. The van der Waals surface area contributed by atoms with Crippen LogP contribution in [0.5, 0.6) is 5.75 Å². The SMILES string of the molecule is O=C(Cc1cccnc1)c1cc(F)ccc1OCc1ccccc1. The second kappa shape index (κ2) is 7.51. The molecule has 0 saturated carbocycles. The van der Waals surface area contributed by atoms with Crippen molar-refractivity contribution in [1.82, 2.24) is 4.98 Å². The van der Waals surface area contributed by atoms with E-state index in [1.54, 1.807) is 18.5 Å². The molecule has 24 heavy (non-hydrogen) atoms. The number of hydrogen-bond acceptors (Lipinski definition) is 3. The summed E-state index contributed by atoms with van der Waals surface area (Å²) >= 11 is 0. The van der Waals surface area contributed by atoms with E-state index < -0.39 is 5.82 Å². The molecule has 0 bridgehead atoms. The fraction of sp³-hybridized carbons (Fsp3) is 0.100. The Kier molecular flexibility index (Phi) is 4.96. The third kappa shape index (κ3) is 4.04. The summed E-state index contributed by atoms with van der Waals surface area (Å²) in [6, 6.07) is 17.2. The van der Waals surface area contributed by atoms with Gasteiger partial charge in [0.1, 0.15) is 18.2 Å². The van der Waals surface area contributed by atoms with Crippen molar-refractivity contribution >= 4 is 5.78 Å². The second-order valence-electron chi connectivity index (χ2n) is 5.38. The Labute approximate surface area is 139 Å². The van der Waals surface area contributed by atoms with Crippen molar-refractivity contribution in [2.24, 2.45) is 0 Å². The summed E-state index contributed by atoms with van der Waals surface area (Å²) in [6.45, 7) is 0.319. The van der Waals surface area contributed by atoms with E-state index in [4.69, 9.17) is 4.74 Å². The number of nitrogens with zero attached hydrogens (tertiary/aromatic N) is 1. The highest BCUT2D eigenvalue weighted by Crippen LogP contribution is 2.23. The van der Waals surface area contributed by atoms with Crippen molar-refractivity contribution in [3.05, 3.63) is 95.6 Å². The first-order valence-corrected chi connectivity index (χ1v) is 7.61. The number of ketones is 1.